The Morgan fingerprint density at radius 2 is 1.43 bits per heavy atom. The number of hydrogen-bond donors (Lipinski definition) is 2. The van der Waals surface area contributed by atoms with Crippen LogP contribution in [0.25, 0.3) is 0 Å². The zero-order valence-corrected chi connectivity index (χ0v) is 17.2. The minimum absolute atomic E-state index is 0.302. The number of ether oxygens (including phenoxy) is 4. The van der Waals surface area contributed by atoms with Gasteiger partial charge in [-0.25, -0.2) is 4.99 Å². The molecule has 3 rings (SSSR count). The molecule has 0 aliphatic carbocycles. The number of nitrogens with one attached hydrogen (secondary N) is 1. The molecule has 7 heteroatoms. The third-order valence-electron chi connectivity index (χ3n) is 4.31. The third kappa shape index (κ3) is 5.35. The van der Waals surface area contributed by atoms with Crippen molar-refractivity contribution in [2.75, 3.05) is 26.6 Å². The lowest BCUT2D eigenvalue weighted by Crippen LogP contribution is -2.22. The maximum absolute atomic E-state index is 6.01. The van der Waals surface area contributed by atoms with Gasteiger partial charge in [0.1, 0.15) is 5.75 Å². The van der Waals surface area contributed by atoms with Gasteiger partial charge in [-0.3, -0.25) is 0 Å². The van der Waals surface area contributed by atoms with Gasteiger partial charge in [-0.1, -0.05) is 24.3 Å². The Balaban J connectivity index is 1.60. The van der Waals surface area contributed by atoms with Crippen LogP contribution < -0.4 is 30.0 Å². The molecule has 7 nitrogen and oxygen atoms in total. The van der Waals surface area contributed by atoms with Crippen molar-refractivity contribution in [1.82, 2.24) is 0 Å². The van der Waals surface area contributed by atoms with Crippen molar-refractivity contribution in [3.63, 3.8) is 0 Å². The second-order valence-corrected chi connectivity index (χ2v) is 6.29. The van der Waals surface area contributed by atoms with E-state index in [9.17, 15) is 0 Å². The van der Waals surface area contributed by atoms with Crippen molar-refractivity contribution in [1.29, 1.82) is 0 Å². The third-order valence-corrected chi connectivity index (χ3v) is 4.31. The zero-order valence-electron chi connectivity index (χ0n) is 17.2. The minimum atomic E-state index is 0.302. The van der Waals surface area contributed by atoms with Gasteiger partial charge in [0, 0.05) is 11.8 Å². The Labute approximate surface area is 176 Å². The molecule has 3 aromatic carbocycles. The quantitative estimate of drug-likeness (QED) is 0.424. The Kier molecular flexibility index (Phi) is 7.00. The number of aliphatic imine (C=N–C) groups is 1. The van der Waals surface area contributed by atoms with E-state index in [4.69, 9.17) is 24.7 Å². The van der Waals surface area contributed by atoms with Crippen molar-refractivity contribution in [3.05, 3.63) is 72.3 Å². The molecule has 3 aromatic rings. The molecule has 0 saturated carbocycles. The Hall–Kier alpha value is -3.87. The lowest BCUT2D eigenvalue weighted by Gasteiger charge is -2.11. The fourth-order valence-electron chi connectivity index (χ4n) is 2.77. The van der Waals surface area contributed by atoms with E-state index in [-0.39, 0.29) is 0 Å². The van der Waals surface area contributed by atoms with Crippen LogP contribution in [0.15, 0.2) is 71.7 Å². The van der Waals surface area contributed by atoms with Gasteiger partial charge in [0.15, 0.2) is 29.0 Å². The van der Waals surface area contributed by atoms with Crippen molar-refractivity contribution < 1.29 is 18.9 Å². The molecule has 0 aliphatic rings. The average Bonchev–Trinajstić information content (AvgIpc) is 2.79. The van der Waals surface area contributed by atoms with Crippen LogP contribution in [0.1, 0.15) is 5.56 Å². The summed E-state index contributed by atoms with van der Waals surface area (Å²) in [7, 11) is 4.79. The van der Waals surface area contributed by atoms with Gasteiger partial charge in [0.25, 0.3) is 0 Å². The smallest absolute Gasteiger partial charge is 0.193 e. The van der Waals surface area contributed by atoms with Crippen molar-refractivity contribution in [2.24, 2.45) is 10.7 Å². The Morgan fingerprint density at radius 3 is 2.10 bits per heavy atom. The SMILES string of the molecule is COc1ccc(NC(N)=NCc2ccc(Oc3ccccc3OC)cc2)cc1OC. The largest absolute Gasteiger partial charge is 0.493 e. The summed E-state index contributed by atoms with van der Waals surface area (Å²) in [5, 5.41) is 3.05. The van der Waals surface area contributed by atoms with Crippen molar-refractivity contribution >= 4 is 11.6 Å². The highest BCUT2D eigenvalue weighted by Crippen LogP contribution is 2.31. The van der Waals surface area contributed by atoms with Gasteiger partial charge in [-0.05, 0) is 42.0 Å². The summed E-state index contributed by atoms with van der Waals surface area (Å²) < 4.78 is 21.7. The number of nitrogens with zero attached hydrogens (tertiary/aromatic N) is 1. The summed E-state index contributed by atoms with van der Waals surface area (Å²) in [6.07, 6.45) is 0. The van der Waals surface area contributed by atoms with Gasteiger partial charge in [0.2, 0.25) is 0 Å². The van der Waals surface area contributed by atoms with E-state index in [2.05, 4.69) is 10.3 Å². The van der Waals surface area contributed by atoms with E-state index in [1.807, 2.05) is 54.6 Å². The normalized spacial score (nSPS) is 11.0. The number of benzene rings is 3. The summed E-state index contributed by atoms with van der Waals surface area (Å²) in [4.78, 5) is 4.38. The van der Waals surface area contributed by atoms with Crippen LogP contribution >= 0.6 is 0 Å². The number of hydrogen-bond acceptors (Lipinski definition) is 5. The van der Waals surface area contributed by atoms with Crippen molar-refractivity contribution in [2.45, 2.75) is 6.54 Å². The number of para-hydroxylation sites is 2. The Morgan fingerprint density at radius 1 is 0.800 bits per heavy atom. The first-order valence-corrected chi connectivity index (χ1v) is 9.31. The number of nitrogens with two attached hydrogens (primary N) is 1. The predicted molar refractivity (Wildman–Crippen MR) is 118 cm³/mol. The second kappa shape index (κ2) is 10.1. The van der Waals surface area contributed by atoms with Crippen LogP contribution in [-0.2, 0) is 6.54 Å². The van der Waals surface area contributed by atoms with Crippen LogP contribution in [0, 0.1) is 0 Å². The first-order chi connectivity index (χ1) is 14.6. The van der Waals surface area contributed by atoms with Gasteiger partial charge in [-0.15, -0.1) is 0 Å². The molecule has 0 fully saturated rings. The molecular weight excluding hydrogens is 382 g/mol. The number of methoxy groups -OCH3 is 3. The highest BCUT2D eigenvalue weighted by Gasteiger charge is 2.06. The molecule has 156 valence electrons. The monoisotopic (exact) mass is 407 g/mol. The van der Waals surface area contributed by atoms with Crippen LogP contribution in [0.5, 0.6) is 28.7 Å². The molecular formula is C23H25N3O4. The molecule has 0 heterocycles. The van der Waals surface area contributed by atoms with Gasteiger partial charge in [0.05, 0.1) is 27.9 Å². The van der Waals surface area contributed by atoms with Crippen LogP contribution in [-0.4, -0.2) is 27.3 Å². The van der Waals surface area contributed by atoms with E-state index in [0.717, 1.165) is 11.3 Å². The van der Waals surface area contributed by atoms with E-state index in [0.29, 0.717) is 41.3 Å². The number of rotatable bonds is 8. The molecule has 0 atom stereocenters. The topological polar surface area (TPSA) is 87.3 Å². The molecule has 30 heavy (non-hydrogen) atoms. The average molecular weight is 407 g/mol. The summed E-state index contributed by atoms with van der Waals surface area (Å²) in [6, 6.07) is 20.6. The predicted octanol–water partition coefficient (Wildman–Crippen LogP) is 4.43. The van der Waals surface area contributed by atoms with Gasteiger partial charge in [-0.2, -0.15) is 0 Å². The van der Waals surface area contributed by atoms with Crippen LogP contribution in [0.4, 0.5) is 5.69 Å². The van der Waals surface area contributed by atoms with E-state index in [1.54, 1.807) is 33.5 Å². The molecule has 0 unspecified atom stereocenters. The fourth-order valence-corrected chi connectivity index (χ4v) is 2.77. The number of anilines is 1. The highest BCUT2D eigenvalue weighted by atomic mass is 16.5. The molecule has 3 N–H and O–H groups in total. The maximum atomic E-state index is 6.01. The molecule has 0 bridgehead atoms. The fraction of sp³-hybridized carbons (Fsp3) is 0.174. The van der Waals surface area contributed by atoms with E-state index < -0.39 is 0 Å². The lowest BCUT2D eigenvalue weighted by molar-refractivity contribution is 0.355. The van der Waals surface area contributed by atoms with E-state index >= 15 is 0 Å². The van der Waals surface area contributed by atoms with Crippen LogP contribution in [0.3, 0.4) is 0 Å². The second-order valence-electron chi connectivity index (χ2n) is 6.29. The summed E-state index contributed by atoms with van der Waals surface area (Å²) in [6.45, 7) is 0.432. The standard InChI is InChI=1S/C23H25N3O4/c1-27-19-6-4-5-7-21(19)30-18-11-8-16(9-12-18)15-25-23(24)26-17-10-13-20(28-2)22(14-17)29-3/h4-14H,15H2,1-3H3,(H3,24,25,26). The maximum Gasteiger partial charge on any atom is 0.193 e. The first-order valence-electron chi connectivity index (χ1n) is 9.31. The summed E-state index contributed by atoms with van der Waals surface area (Å²) in [5.74, 6) is 3.62. The summed E-state index contributed by atoms with van der Waals surface area (Å²) >= 11 is 0. The zero-order chi connectivity index (χ0) is 21.3. The Bertz CT molecular complexity index is 1000. The molecule has 0 saturated heterocycles. The van der Waals surface area contributed by atoms with Crippen LogP contribution in [0.2, 0.25) is 0 Å². The lowest BCUT2D eigenvalue weighted by atomic mass is 10.2. The molecule has 0 aromatic heterocycles. The van der Waals surface area contributed by atoms with Gasteiger partial charge < -0.3 is 30.0 Å². The molecule has 0 amide bonds. The first kappa shape index (κ1) is 20.9. The van der Waals surface area contributed by atoms with Gasteiger partial charge >= 0.3 is 0 Å². The molecule has 0 radical (unpaired) electrons. The minimum Gasteiger partial charge on any atom is -0.493 e. The number of guanidine groups is 1. The highest BCUT2D eigenvalue weighted by molar-refractivity contribution is 5.92. The van der Waals surface area contributed by atoms with Crippen molar-refractivity contribution in [3.8, 4) is 28.7 Å². The molecule has 0 spiro atoms. The molecule has 0 aliphatic heterocycles. The van der Waals surface area contributed by atoms with E-state index in [1.165, 1.54) is 0 Å². The summed E-state index contributed by atoms with van der Waals surface area (Å²) in [5.41, 5.74) is 7.77.